The van der Waals surface area contributed by atoms with Crippen LogP contribution in [0.2, 0.25) is 8.35 Å². The topological polar surface area (TPSA) is 0 Å². The Hall–Kier alpha value is 0.410. The van der Waals surface area contributed by atoms with Crippen LogP contribution in [0.15, 0.2) is 46.9 Å². The quantitative estimate of drug-likeness (QED) is 0.361. The maximum atomic E-state index is 3.83. The van der Waals surface area contributed by atoms with Gasteiger partial charge in [-0.1, -0.05) is 0 Å². The van der Waals surface area contributed by atoms with Gasteiger partial charge in [0.15, 0.2) is 0 Å². The van der Waals surface area contributed by atoms with Gasteiger partial charge in [-0.3, -0.25) is 0 Å². The summed E-state index contributed by atoms with van der Waals surface area (Å²) >= 11 is -1.45. The fraction of sp³-hybridized carbons (Fsp3) is 0.273. The van der Waals surface area contributed by atoms with Crippen molar-refractivity contribution >= 4 is 0 Å². The van der Waals surface area contributed by atoms with Crippen LogP contribution in [0.5, 0.6) is 0 Å². The van der Waals surface area contributed by atoms with Crippen molar-refractivity contribution in [1.82, 2.24) is 0 Å². The van der Waals surface area contributed by atoms with E-state index < -0.39 is 21.4 Å². The largest absolute Gasteiger partial charge is 1.00 e. The smallest absolute Gasteiger partial charge is 1.00 e. The van der Waals surface area contributed by atoms with E-state index in [1.165, 1.54) is 14.8 Å². The van der Waals surface area contributed by atoms with Crippen molar-refractivity contribution in [2.75, 3.05) is 0 Å². The van der Waals surface area contributed by atoms with Gasteiger partial charge in [0.1, 0.15) is 0 Å². The molecule has 1 rings (SSSR count). The second-order valence-electron chi connectivity index (χ2n) is 2.91. The maximum absolute atomic E-state index is 3.83. The minimum Gasteiger partial charge on any atom is -1.00 e. The minimum absolute atomic E-state index is 0. The van der Waals surface area contributed by atoms with Crippen molar-refractivity contribution in [1.29, 1.82) is 0 Å². The Morgan fingerprint density at radius 2 is 1.79 bits per heavy atom. The molecule has 1 aliphatic rings. The molecule has 0 saturated heterocycles. The van der Waals surface area contributed by atoms with Gasteiger partial charge in [0.2, 0.25) is 0 Å². The molecule has 0 aromatic carbocycles. The van der Waals surface area contributed by atoms with E-state index >= 15 is 0 Å². The van der Waals surface area contributed by atoms with Gasteiger partial charge < -0.3 is 24.8 Å². The molecule has 1 aliphatic carbocycles. The minimum atomic E-state index is -1.45. The molecule has 0 aromatic heterocycles. The van der Waals surface area contributed by atoms with E-state index in [4.69, 9.17) is 0 Å². The van der Waals surface area contributed by atoms with Gasteiger partial charge in [0.25, 0.3) is 0 Å². The van der Waals surface area contributed by atoms with E-state index in [1.54, 1.807) is 3.33 Å². The molecule has 0 bridgehead atoms. The normalized spacial score (nSPS) is 12.1. The molecule has 0 fully saturated rings. The van der Waals surface area contributed by atoms with E-state index in [0.29, 0.717) is 0 Å². The number of rotatable bonds is 5. The molecule has 0 unspecified atom stereocenters. The number of allylic oxidation sites excluding steroid dienone is 6. The Bertz CT molecular complexity index is 221. The monoisotopic (exact) mass is 397 g/mol. The van der Waals surface area contributed by atoms with E-state index in [-0.39, 0.29) is 24.8 Å². The molecule has 0 saturated carbocycles. The third-order valence-corrected chi connectivity index (χ3v) is 12.2. The summed E-state index contributed by atoms with van der Waals surface area (Å²) in [6.45, 7) is 7.65. The number of hydrogen-bond acceptors (Lipinski definition) is 0. The first kappa shape index (κ1) is 16.8. The molecule has 0 amide bonds. The zero-order valence-corrected chi connectivity index (χ0v) is 13.3. The zero-order chi connectivity index (χ0) is 8.81. The van der Waals surface area contributed by atoms with Crippen molar-refractivity contribution in [3.8, 4) is 0 Å². The Morgan fingerprint density at radius 3 is 2.14 bits per heavy atom. The first-order valence-electron chi connectivity index (χ1n) is 4.31. The summed E-state index contributed by atoms with van der Waals surface area (Å²) in [6.07, 6.45) is 12.1. The van der Waals surface area contributed by atoms with E-state index in [2.05, 4.69) is 43.5 Å². The Kier molecular flexibility index (Phi) is 12.0. The van der Waals surface area contributed by atoms with Gasteiger partial charge in [-0.2, -0.15) is 0 Å². The summed E-state index contributed by atoms with van der Waals surface area (Å²) in [4.78, 5) is 0. The molecular weight excluding hydrogens is 382 g/mol. The van der Waals surface area contributed by atoms with Crippen LogP contribution in [0.1, 0.15) is 6.42 Å². The molecule has 0 N–H and O–H groups in total. The third kappa shape index (κ3) is 5.33. The summed E-state index contributed by atoms with van der Waals surface area (Å²) in [5, 5.41) is 0. The Morgan fingerprint density at radius 1 is 1.21 bits per heavy atom. The van der Waals surface area contributed by atoms with Gasteiger partial charge in [-0.25, -0.2) is 0 Å². The van der Waals surface area contributed by atoms with Crippen LogP contribution in [0, 0.1) is 0 Å². The van der Waals surface area contributed by atoms with Crippen molar-refractivity contribution < 1.29 is 46.3 Å². The fourth-order valence-electron chi connectivity index (χ4n) is 1.40. The molecule has 77 valence electrons. The molecule has 0 heterocycles. The molecule has 0 aromatic rings. The Labute approximate surface area is 107 Å². The maximum Gasteiger partial charge on any atom is -1.00 e. The van der Waals surface area contributed by atoms with Crippen LogP contribution < -0.4 is 24.8 Å². The number of halogens is 2. The van der Waals surface area contributed by atoms with Crippen molar-refractivity contribution in [2.45, 2.75) is 14.8 Å². The van der Waals surface area contributed by atoms with Crippen LogP contribution in [0.25, 0.3) is 0 Å². The summed E-state index contributed by atoms with van der Waals surface area (Å²) < 4.78 is 4.30. The second kappa shape index (κ2) is 9.95. The molecule has 0 aliphatic heterocycles. The van der Waals surface area contributed by atoms with Crippen LogP contribution in [-0.2, 0) is 21.4 Å². The van der Waals surface area contributed by atoms with E-state index in [9.17, 15) is 0 Å². The van der Waals surface area contributed by atoms with Gasteiger partial charge in [0, 0.05) is 0 Å². The summed E-state index contributed by atoms with van der Waals surface area (Å²) in [5.74, 6) is 0. The second-order valence-corrected chi connectivity index (χ2v) is 12.5. The third-order valence-electron chi connectivity index (χ3n) is 2.01. The average molecular weight is 397 g/mol. The zero-order valence-electron chi connectivity index (χ0n) is 8.18. The first-order valence-corrected chi connectivity index (χ1v) is 11.2. The van der Waals surface area contributed by atoms with E-state index in [0.717, 1.165) is 0 Å². The van der Waals surface area contributed by atoms with E-state index in [1.807, 2.05) is 0 Å². The average Bonchev–Trinajstić information content (AvgIpc) is 2.56. The van der Waals surface area contributed by atoms with Crippen molar-refractivity contribution in [3.63, 3.8) is 0 Å². The van der Waals surface area contributed by atoms with Gasteiger partial charge in [-0.05, 0) is 0 Å². The van der Waals surface area contributed by atoms with Gasteiger partial charge >= 0.3 is 83.1 Å². The standard InChI is InChI=1S/C5H5.2C3H5.2ClH.Hf/c1-2-4-5-3-1;2*1-3-2;;;/h1-3H,4H2;2*3H,1-2H2;2*1H;/q;;;;;+2/p-2. The fourth-order valence-corrected chi connectivity index (χ4v) is 9.04. The predicted molar refractivity (Wildman–Crippen MR) is 51.8 cm³/mol. The molecule has 0 radical (unpaired) electrons. The summed E-state index contributed by atoms with van der Waals surface area (Å²) in [7, 11) is 0. The van der Waals surface area contributed by atoms with Crippen molar-refractivity contribution in [3.05, 3.63) is 46.9 Å². The Balaban J connectivity index is 0. The van der Waals surface area contributed by atoms with Crippen LogP contribution in [-0.4, -0.2) is 0 Å². The summed E-state index contributed by atoms with van der Waals surface area (Å²) in [6, 6.07) is 0. The van der Waals surface area contributed by atoms with Crippen LogP contribution in [0.4, 0.5) is 0 Å². The molecule has 0 atom stereocenters. The molecule has 3 heteroatoms. The molecular formula is C11H15Cl2Hf. The SMILES string of the molecule is C=C[CH2][Hf+2]([CH2]C=C)[C]1=CC=CC1.[Cl-].[Cl-]. The van der Waals surface area contributed by atoms with Gasteiger partial charge in [0.05, 0.1) is 0 Å². The predicted octanol–water partition coefficient (Wildman–Crippen LogP) is -2.33. The molecule has 0 nitrogen and oxygen atoms in total. The first-order chi connectivity index (χ1) is 5.88. The summed E-state index contributed by atoms with van der Waals surface area (Å²) in [5.41, 5.74) is 0. The van der Waals surface area contributed by atoms with Gasteiger partial charge in [-0.15, -0.1) is 0 Å². The van der Waals surface area contributed by atoms with Crippen LogP contribution in [0.3, 0.4) is 0 Å². The number of hydrogen-bond donors (Lipinski definition) is 0. The van der Waals surface area contributed by atoms with Crippen molar-refractivity contribution in [2.24, 2.45) is 0 Å². The van der Waals surface area contributed by atoms with Crippen LogP contribution >= 0.6 is 0 Å². The molecule has 14 heavy (non-hydrogen) atoms. The molecule has 0 spiro atoms.